The van der Waals surface area contributed by atoms with Crippen molar-refractivity contribution in [2.24, 2.45) is 0 Å². The van der Waals surface area contributed by atoms with E-state index in [2.05, 4.69) is 34.1 Å². The Kier molecular flexibility index (Phi) is 5.16. The van der Waals surface area contributed by atoms with Gasteiger partial charge < -0.3 is 11.5 Å². The van der Waals surface area contributed by atoms with E-state index < -0.39 is 0 Å². The Morgan fingerprint density at radius 1 is 0.652 bits per heavy atom. The van der Waals surface area contributed by atoms with E-state index in [-0.39, 0.29) is 0 Å². The second-order valence-electron chi connectivity index (χ2n) is 6.30. The summed E-state index contributed by atoms with van der Waals surface area (Å²) in [6.45, 7) is 6.26. The first-order chi connectivity index (χ1) is 11.2. The van der Waals surface area contributed by atoms with Crippen molar-refractivity contribution in [2.45, 2.75) is 19.5 Å². The highest BCUT2D eigenvalue weighted by Crippen LogP contribution is 2.17. The Labute approximate surface area is 138 Å². The highest BCUT2D eigenvalue weighted by Gasteiger charge is 2.16. The molecule has 0 radical (unpaired) electrons. The molecule has 4 heteroatoms. The Morgan fingerprint density at radius 2 is 1.09 bits per heavy atom. The molecule has 0 spiro atoms. The van der Waals surface area contributed by atoms with Gasteiger partial charge >= 0.3 is 0 Å². The largest absolute Gasteiger partial charge is 0.398 e. The van der Waals surface area contributed by atoms with Crippen LogP contribution in [0.1, 0.15) is 17.5 Å². The molecule has 4 nitrogen and oxygen atoms in total. The van der Waals surface area contributed by atoms with Gasteiger partial charge in [-0.05, 0) is 42.8 Å². The van der Waals surface area contributed by atoms with E-state index in [1.807, 2.05) is 24.3 Å². The lowest BCUT2D eigenvalue weighted by molar-refractivity contribution is 0.247. The first-order valence-electron chi connectivity index (χ1n) is 8.34. The van der Waals surface area contributed by atoms with E-state index in [0.29, 0.717) is 0 Å². The third-order valence-electron chi connectivity index (χ3n) is 4.58. The first kappa shape index (κ1) is 15.8. The van der Waals surface area contributed by atoms with Gasteiger partial charge in [-0.25, -0.2) is 0 Å². The average molecular weight is 310 g/mol. The van der Waals surface area contributed by atoms with Crippen molar-refractivity contribution in [3.8, 4) is 0 Å². The van der Waals surface area contributed by atoms with Gasteiger partial charge in [0.05, 0.1) is 0 Å². The van der Waals surface area contributed by atoms with E-state index in [0.717, 1.165) is 50.6 Å². The molecular weight excluding hydrogens is 284 g/mol. The molecular formula is C19H26N4. The van der Waals surface area contributed by atoms with Gasteiger partial charge in [0.1, 0.15) is 0 Å². The molecule has 0 amide bonds. The smallest absolute Gasteiger partial charge is 0.0359 e. The van der Waals surface area contributed by atoms with Gasteiger partial charge in [-0.2, -0.15) is 0 Å². The molecule has 1 fully saturated rings. The molecule has 0 unspecified atom stereocenters. The topological polar surface area (TPSA) is 58.5 Å². The number of para-hydroxylation sites is 2. The van der Waals surface area contributed by atoms with Crippen molar-refractivity contribution in [1.82, 2.24) is 9.80 Å². The molecule has 2 aromatic carbocycles. The molecule has 4 N–H and O–H groups in total. The minimum absolute atomic E-state index is 0.894. The minimum Gasteiger partial charge on any atom is -0.398 e. The summed E-state index contributed by atoms with van der Waals surface area (Å²) in [7, 11) is 0. The Balaban J connectivity index is 1.57. The third-order valence-corrected chi connectivity index (χ3v) is 4.58. The van der Waals surface area contributed by atoms with Crippen molar-refractivity contribution in [3.05, 3.63) is 59.7 Å². The maximum atomic E-state index is 6.07. The molecule has 1 heterocycles. The molecule has 1 aliphatic rings. The zero-order valence-corrected chi connectivity index (χ0v) is 13.6. The number of anilines is 2. The molecule has 0 aliphatic carbocycles. The Morgan fingerprint density at radius 3 is 1.52 bits per heavy atom. The van der Waals surface area contributed by atoms with Gasteiger partial charge in [-0.15, -0.1) is 0 Å². The van der Waals surface area contributed by atoms with Crippen molar-refractivity contribution >= 4 is 11.4 Å². The van der Waals surface area contributed by atoms with Crippen LogP contribution in [-0.2, 0) is 13.1 Å². The van der Waals surface area contributed by atoms with Gasteiger partial charge in [0.2, 0.25) is 0 Å². The summed E-state index contributed by atoms with van der Waals surface area (Å²) < 4.78 is 0. The number of nitrogens with zero attached hydrogens (tertiary/aromatic N) is 2. The normalized spacial score (nSPS) is 17.0. The highest BCUT2D eigenvalue weighted by molar-refractivity contribution is 5.46. The van der Waals surface area contributed by atoms with Gasteiger partial charge in [-0.3, -0.25) is 9.80 Å². The minimum atomic E-state index is 0.894. The fourth-order valence-corrected chi connectivity index (χ4v) is 3.18. The number of benzene rings is 2. The van der Waals surface area contributed by atoms with Gasteiger partial charge in [0.25, 0.3) is 0 Å². The zero-order chi connectivity index (χ0) is 16.1. The maximum absolute atomic E-state index is 6.07. The maximum Gasteiger partial charge on any atom is 0.0359 e. The van der Waals surface area contributed by atoms with E-state index >= 15 is 0 Å². The Bertz CT molecular complexity index is 585. The molecule has 0 bridgehead atoms. The highest BCUT2D eigenvalue weighted by atomic mass is 15.2. The summed E-state index contributed by atoms with van der Waals surface area (Å²) in [5, 5.41) is 0. The lowest BCUT2D eigenvalue weighted by atomic mass is 10.1. The Hall–Kier alpha value is -2.04. The lowest BCUT2D eigenvalue weighted by Gasteiger charge is -2.22. The summed E-state index contributed by atoms with van der Waals surface area (Å²) in [6.07, 6.45) is 1.18. The number of hydrogen-bond acceptors (Lipinski definition) is 4. The van der Waals surface area contributed by atoms with Gasteiger partial charge in [0, 0.05) is 37.6 Å². The number of rotatable bonds is 4. The predicted octanol–water partition coefficient (Wildman–Crippen LogP) is 2.56. The van der Waals surface area contributed by atoms with Gasteiger partial charge in [-0.1, -0.05) is 36.4 Å². The summed E-state index contributed by atoms with van der Waals surface area (Å²) in [4.78, 5) is 5.00. The molecule has 0 saturated carbocycles. The SMILES string of the molecule is Nc1ccccc1CN1CCCN(Cc2ccccc2N)CC1. The summed E-state index contributed by atoms with van der Waals surface area (Å²) in [5.74, 6) is 0. The van der Waals surface area contributed by atoms with Crippen LogP contribution in [0.25, 0.3) is 0 Å². The summed E-state index contributed by atoms with van der Waals surface area (Å²) in [6, 6.07) is 16.3. The van der Waals surface area contributed by atoms with Crippen LogP contribution in [0.15, 0.2) is 48.5 Å². The van der Waals surface area contributed by atoms with Crippen LogP contribution in [-0.4, -0.2) is 36.0 Å². The van der Waals surface area contributed by atoms with Crippen molar-refractivity contribution in [2.75, 3.05) is 37.6 Å². The van der Waals surface area contributed by atoms with Crippen LogP contribution < -0.4 is 11.5 Å². The molecule has 1 saturated heterocycles. The average Bonchev–Trinajstić information content (AvgIpc) is 2.77. The van der Waals surface area contributed by atoms with Crippen LogP contribution in [0.5, 0.6) is 0 Å². The molecule has 0 atom stereocenters. The van der Waals surface area contributed by atoms with Gasteiger partial charge in [0.15, 0.2) is 0 Å². The van der Waals surface area contributed by atoms with Crippen LogP contribution in [0.4, 0.5) is 11.4 Å². The van der Waals surface area contributed by atoms with E-state index in [4.69, 9.17) is 11.5 Å². The van der Waals surface area contributed by atoms with Crippen LogP contribution in [0.2, 0.25) is 0 Å². The first-order valence-corrected chi connectivity index (χ1v) is 8.34. The lowest BCUT2D eigenvalue weighted by Crippen LogP contribution is -2.30. The van der Waals surface area contributed by atoms with Crippen LogP contribution >= 0.6 is 0 Å². The van der Waals surface area contributed by atoms with E-state index in [1.165, 1.54) is 17.5 Å². The second-order valence-corrected chi connectivity index (χ2v) is 6.30. The summed E-state index contributed by atoms with van der Waals surface area (Å²) in [5.41, 5.74) is 16.4. The van der Waals surface area contributed by atoms with Crippen molar-refractivity contribution in [1.29, 1.82) is 0 Å². The third kappa shape index (κ3) is 4.24. The standard InChI is InChI=1S/C19H26N4/c20-18-8-3-1-6-16(18)14-22-10-5-11-23(13-12-22)15-17-7-2-4-9-19(17)21/h1-4,6-9H,5,10-15,20-21H2. The molecule has 122 valence electrons. The van der Waals surface area contributed by atoms with E-state index in [1.54, 1.807) is 0 Å². The summed E-state index contributed by atoms with van der Waals surface area (Å²) >= 11 is 0. The van der Waals surface area contributed by atoms with E-state index in [9.17, 15) is 0 Å². The molecule has 23 heavy (non-hydrogen) atoms. The molecule has 2 aromatic rings. The fraction of sp³-hybridized carbons (Fsp3) is 0.368. The molecule has 3 rings (SSSR count). The number of nitrogens with two attached hydrogens (primary N) is 2. The zero-order valence-electron chi connectivity index (χ0n) is 13.6. The van der Waals surface area contributed by atoms with Crippen LogP contribution in [0, 0.1) is 0 Å². The molecule has 0 aromatic heterocycles. The number of nitrogen functional groups attached to an aromatic ring is 2. The predicted molar refractivity (Wildman–Crippen MR) is 96.9 cm³/mol. The van der Waals surface area contributed by atoms with Crippen molar-refractivity contribution in [3.63, 3.8) is 0 Å². The fourth-order valence-electron chi connectivity index (χ4n) is 3.18. The molecule has 1 aliphatic heterocycles. The van der Waals surface area contributed by atoms with Crippen molar-refractivity contribution < 1.29 is 0 Å². The second kappa shape index (κ2) is 7.49. The quantitative estimate of drug-likeness (QED) is 0.852. The number of hydrogen-bond donors (Lipinski definition) is 2. The monoisotopic (exact) mass is 310 g/mol. The van der Waals surface area contributed by atoms with Crippen LogP contribution in [0.3, 0.4) is 0 Å².